The smallest absolute Gasteiger partial charge is 0.226 e. The monoisotopic (exact) mass is 516 g/mol. The van der Waals surface area contributed by atoms with Crippen LogP contribution in [-0.4, -0.2) is 92.0 Å². The zero-order chi connectivity index (χ0) is 25.7. The fourth-order valence-corrected chi connectivity index (χ4v) is 6.25. The van der Waals surface area contributed by atoms with Crippen molar-refractivity contribution in [3.63, 3.8) is 0 Å². The molecule has 1 aliphatic heterocycles. The average Bonchev–Trinajstić information content (AvgIpc) is 2.93. The van der Waals surface area contributed by atoms with Gasteiger partial charge in [0.2, 0.25) is 5.95 Å². The van der Waals surface area contributed by atoms with Crippen LogP contribution in [0.25, 0.3) is 0 Å². The molecular formula is C28H52N8O. The number of rotatable bonds is 14. The third kappa shape index (κ3) is 9.85. The van der Waals surface area contributed by atoms with Gasteiger partial charge < -0.3 is 31.7 Å². The molecule has 4 rings (SSSR count). The van der Waals surface area contributed by atoms with Crippen LogP contribution in [0.1, 0.15) is 64.2 Å². The molecule has 210 valence electrons. The third-order valence-corrected chi connectivity index (χ3v) is 8.66. The van der Waals surface area contributed by atoms with Crippen LogP contribution >= 0.6 is 0 Å². The van der Waals surface area contributed by atoms with Gasteiger partial charge in [-0.3, -0.25) is 4.90 Å². The molecule has 1 aromatic rings. The normalized spacial score (nSPS) is 23.9. The molecule has 1 aromatic heterocycles. The largest absolute Gasteiger partial charge is 0.395 e. The second kappa shape index (κ2) is 15.7. The van der Waals surface area contributed by atoms with Gasteiger partial charge in [-0.2, -0.15) is 9.97 Å². The van der Waals surface area contributed by atoms with Crippen molar-refractivity contribution >= 4 is 17.6 Å². The van der Waals surface area contributed by atoms with Crippen LogP contribution in [0.2, 0.25) is 0 Å². The SMILES string of the molecule is Nc1cc(N2CCN(CCO)CC2)nc(NCC2CCC(CNCCCNCC3CCCCC3)CC2)n1. The fourth-order valence-electron chi connectivity index (χ4n) is 6.25. The van der Waals surface area contributed by atoms with E-state index in [-0.39, 0.29) is 6.61 Å². The highest BCUT2D eigenvalue weighted by molar-refractivity contribution is 5.51. The lowest BCUT2D eigenvalue weighted by atomic mass is 9.82. The van der Waals surface area contributed by atoms with E-state index in [0.29, 0.717) is 17.7 Å². The van der Waals surface area contributed by atoms with Gasteiger partial charge in [-0.1, -0.05) is 19.3 Å². The number of nitrogens with zero attached hydrogens (tertiary/aromatic N) is 4. The summed E-state index contributed by atoms with van der Waals surface area (Å²) >= 11 is 0. The quantitative estimate of drug-likeness (QED) is 0.238. The number of piperazine rings is 1. The summed E-state index contributed by atoms with van der Waals surface area (Å²) < 4.78 is 0. The van der Waals surface area contributed by atoms with Crippen molar-refractivity contribution in [2.75, 3.05) is 88.0 Å². The molecule has 6 N–H and O–H groups in total. The standard InChI is InChI=1S/C28H52N8O/c29-26-19-27(36-15-13-35(14-16-36)17-18-37)34-28(33-26)32-22-25-9-7-24(8-10-25)21-31-12-4-11-30-20-23-5-2-1-3-6-23/h19,23-25,30-31,37H,1-18,20-22H2,(H3,29,32,33,34). The van der Waals surface area contributed by atoms with Crippen LogP contribution in [0.3, 0.4) is 0 Å². The van der Waals surface area contributed by atoms with E-state index in [1.54, 1.807) is 0 Å². The first-order valence-corrected chi connectivity index (χ1v) is 15.1. The van der Waals surface area contributed by atoms with Gasteiger partial charge in [-0.15, -0.1) is 0 Å². The molecule has 0 unspecified atom stereocenters. The molecule has 0 radical (unpaired) electrons. The van der Waals surface area contributed by atoms with Crippen molar-refractivity contribution in [2.45, 2.75) is 64.2 Å². The second-order valence-electron chi connectivity index (χ2n) is 11.6. The van der Waals surface area contributed by atoms with Gasteiger partial charge >= 0.3 is 0 Å². The Bertz CT molecular complexity index is 759. The minimum atomic E-state index is 0.213. The summed E-state index contributed by atoms with van der Waals surface area (Å²) in [7, 11) is 0. The van der Waals surface area contributed by atoms with Gasteiger partial charge in [0.25, 0.3) is 0 Å². The Balaban J connectivity index is 1.06. The predicted octanol–water partition coefficient (Wildman–Crippen LogP) is 2.54. The second-order valence-corrected chi connectivity index (χ2v) is 11.6. The first kappa shape index (κ1) is 28.3. The predicted molar refractivity (Wildman–Crippen MR) is 153 cm³/mol. The summed E-state index contributed by atoms with van der Waals surface area (Å²) in [4.78, 5) is 13.8. The average molecular weight is 517 g/mol. The number of aliphatic hydroxyl groups excluding tert-OH is 1. The highest BCUT2D eigenvalue weighted by atomic mass is 16.3. The molecule has 2 aliphatic carbocycles. The minimum absolute atomic E-state index is 0.213. The Morgan fingerprint density at radius 2 is 1.43 bits per heavy atom. The Labute approximate surface area is 224 Å². The summed E-state index contributed by atoms with van der Waals surface area (Å²) in [6, 6.07) is 1.87. The number of nitrogens with one attached hydrogen (secondary N) is 3. The molecule has 0 aromatic carbocycles. The molecule has 9 heteroatoms. The van der Waals surface area contributed by atoms with Gasteiger partial charge in [0, 0.05) is 45.3 Å². The zero-order valence-electron chi connectivity index (χ0n) is 23.0. The van der Waals surface area contributed by atoms with Crippen LogP contribution in [0.5, 0.6) is 0 Å². The topological polar surface area (TPSA) is 115 Å². The highest BCUT2D eigenvalue weighted by Gasteiger charge is 2.22. The van der Waals surface area contributed by atoms with E-state index in [2.05, 4.69) is 30.7 Å². The van der Waals surface area contributed by atoms with Gasteiger partial charge in [0.1, 0.15) is 11.6 Å². The molecule has 37 heavy (non-hydrogen) atoms. The molecule has 0 spiro atoms. The third-order valence-electron chi connectivity index (χ3n) is 8.66. The van der Waals surface area contributed by atoms with E-state index in [4.69, 9.17) is 15.8 Å². The summed E-state index contributed by atoms with van der Waals surface area (Å²) in [5, 5.41) is 20.0. The number of anilines is 3. The lowest BCUT2D eigenvalue weighted by molar-refractivity contribution is 0.188. The molecule has 3 fully saturated rings. The molecule has 3 aliphatic rings. The summed E-state index contributed by atoms with van der Waals surface area (Å²) in [6.07, 6.45) is 13.6. The zero-order valence-corrected chi connectivity index (χ0v) is 23.0. The summed E-state index contributed by atoms with van der Waals surface area (Å²) in [5.74, 6) is 4.48. The van der Waals surface area contributed by atoms with Gasteiger partial charge in [-0.25, -0.2) is 0 Å². The van der Waals surface area contributed by atoms with Crippen molar-refractivity contribution in [3.05, 3.63) is 6.07 Å². The molecule has 2 heterocycles. The van der Waals surface area contributed by atoms with Gasteiger partial charge in [0.05, 0.1) is 6.61 Å². The number of aliphatic hydroxyl groups is 1. The Hall–Kier alpha value is -1.68. The molecule has 9 nitrogen and oxygen atoms in total. The van der Waals surface area contributed by atoms with Gasteiger partial charge in [-0.05, 0) is 88.9 Å². The Morgan fingerprint density at radius 3 is 2.08 bits per heavy atom. The Kier molecular flexibility index (Phi) is 12.0. The summed E-state index contributed by atoms with van der Waals surface area (Å²) in [5.41, 5.74) is 6.11. The highest BCUT2D eigenvalue weighted by Crippen LogP contribution is 2.29. The number of β-amino-alcohol motifs (C(OH)–C–C–N with tert-alkyl or cyclic N) is 1. The first-order chi connectivity index (χ1) is 18.2. The molecule has 0 atom stereocenters. The number of nitrogen functional groups attached to an aromatic ring is 1. The van der Waals surface area contributed by atoms with Crippen molar-refractivity contribution in [3.8, 4) is 0 Å². The Morgan fingerprint density at radius 1 is 0.811 bits per heavy atom. The number of hydrogen-bond donors (Lipinski definition) is 5. The van der Waals surface area contributed by atoms with Crippen molar-refractivity contribution in [1.82, 2.24) is 25.5 Å². The van der Waals surface area contributed by atoms with Crippen LogP contribution in [0.4, 0.5) is 17.6 Å². The first-order valence-electron chi connectivity index (χ1n) is 15.1. The van der Waals surface area contributed by atoms with Crippen LogP contribution in [0.15, 0.2) is 6.07 Å². The van der Waals surface area contributed by atoms with Gasteiger partial charge in [0.15, 0.2) is 0 Å². The van der Waals surface area contributed by atoms with Crippen LogP contribution in [-0.2, 0) is 0 Å². The van der Waals surface area contributed by atoms with E-state index in [9.17, 15) is 0 Å². The van der Waals surface area contributed by atoms with Crippen molar-refractivity contribution in [2.24, 2.45) is 17.8 Å². The van der Waals surface area contributed by atoms with Crippen molar-refractivity contribution < 1.29 is 5.11 Å². The van der Waals surface area contributed by atoms with E-state index in [1.807, 2.05) is 6.07 Å². The van der Waals surface area contributed by atoms with Crippen LogP contribution in [0, 0.1) is 17.8 Å². The lowest BCUT2D eigenvalue weighted by Crippen LogP contribution is -2.47. The maximum Gasteiger partial charge on any atom is 0.226 e. The molecule has 0 amide bonds. The maximum absolute atomic E-state index is 9.16. The van der Waals surface area contributed by atoms with E-state index < -0.39 is 0 Å². The van der Waals surface area contributed by atoms with Crippen LogP contribution < -0.4 is 26.6 Å². The fraction of sp³-hybridized carbons (Fsp3) is 0.857. The maximum atomic E-state index is 9.16. The molecule has 2 saturated carbocycles. The molecular weight excluding hydrogens is 464 g/mol. The van der Waals surface area contributed by atoms with E-state index in [0.717, 1.165) is 76.6 Å². The van der Waals surface area contributed by atoms with E-state index in [1.165, 1.54) is 70.8 Å². The molecule has 1 saturated heterocycles. The minimum Gasteiger partial charge on any atom is -0.395 e. The van der Waals surface area contributed by atoms with E-state index >= 15 is 0 Å². The molecule has 0 bridgehead atoms. The lowest BCUT2D eigenvalue weighted by Gasteiger charge is -2.35. The number of hydrogen-bond acceptors (Lipinski definition) is 9. The number of nitrogens with two attached hydrogens (primary N) is 1. The number of aromatic nitrogens is 2. The summed E-state index contributed by atoms with van der Waals surface area (Å²) in [6.45, 7) is 10.2. The van der Waals surface area contributed by atoms with Crippen molar-refractivity contribution in [1.29, 1.82) is 0 Å².